The third-order valence-corrected chi connectivity index (χ3v) is 5.23. The topological polar surface area (TPSA) is 72.6 Å². The molecule has 7 heteroatoms. The Labute approximate surface area is 119 Å². The number of methoxy groups -OCH3 is 1. The van der Waals surface area contributed by atoms with Gasteiger partial charge in [-0.3, -0.25) is 0 Å². The number of benzene rings is 1. The standard InChI is InChI=1S/C13H21FN2O3S/c1-4-10(2)16(7-8-19-3)20(17,18)13-9-11(14)5-6-12(13)15/h5-6,9-10H,4,7-8,15H2,1-3H3. The molecule has 0 heterocycles. The van der Waals surface area contributed by atoms with Crippen molar-refractivity contribution < 1.29 is 17.5 Å². The number of sulfonamides is 1. The summed E-state index contributed by atoms with van der Waals surface area (Å²) >= 11 is 0. The number of halogens is 1. The van der Waals surface area contributed by atoms with E-state index < -0.39 is 15.8 Å². The first kappa shape index (κ1) is 16.9. The van der Waals surface area contributed by atoms with Gasteiger partial charge in [0.2, 0.25) is 10.0 Å². The molecule has 0 spiro atoms. The van der Waals surface area contributed by atoms with Crippen molar-refractivity contribution in [3.63, 3.8) is 0 Å². The normalized spacial score (nSPS) is 13.7. The van der Waals surface area contributed by atoms with E-state index in [1.165, 1.54) is 17.5 Å². The van der Waals surface area contributed by atoms with Crippen LogP contribution in [0.4, 0.5) is 10.1 Å². The molecule has 1 rings (SSSR count). The molecule has 0 saturated carbocycles. The van der Waals surface area contributed by atoms with Crippen LogP contribution in [0.15, 0.2) is 23.1 Å². The second-order valence-corrected chi connectivity index (χ2v) is 6.41. The average Bonchev–Trinajstić information content (AvgIpc) is 2.41. The number of hydrogen-bond acceptors (Lipinski definition) is 4. The summed E-state index contributed by atoms with van der Waals surface area (Å²) in [5.74, 6) is -0.631. The predicted octanol–water partition coefficient (Wildman–Crippen LogP) is 1.84. The molecule has 0 saturated heterocycles. The van der Waals surface area contributed by atoms with E-state index in [-0.39, 0.29) is 29.8 Å². The van der Waals surface area contributed by atoms with Gasteiger partial charge in [0, 0.05) is 19.7 Å². The van der Waals surface area contributed by atoms with Gasteiger partial charge in [0.25, 0.3) is 0 Å². The van der Waals surface area contributed by atoms with Gasteiger partial charge < -0.3 is 10.5 Å². The summed E-state index contributed by atoms with van der Waals surface area (Å²) in [7, 11) is -2.35. The summed E-state index contributed by atoms with van der Waals surface area (Å²) in [5.41, 5.74) is 5.72. The fraction of sp³-hybridized carbons (Fsp3) is 0.538. The molecule has 0 aromatic heterocycles. The Morgan fingerprint density at radius 2 is 2.10 bits per heavy atom. The highest BCUT2D eigenvalue weighted by molar-refractivity contribution is 7.89. The minimum Gasteiger partial charge on any atom is -0.398 e. The molecule has 0 fully saturated rings. The van der Waals surface area contributed by atoms with Crippen molar-refractivity contribution in [1.29, 1.82) is 0 Å². The summed E-state index contributed by atoms with van der Waals surface area (Å²) in [6, 6.07) is 3.12. The van der Waals surface area contributed by atoms with Gasteiger partial charge >= 0.3 is 0 Å². The Hall–Kier alpha value is -1.18. The van der Waals surface area contributed by atoms with Gasteiger partial charge in [-0.15, -0.1) is 0 Å². The zero-order chi connectivity index (χ0) is 15.3. The van der Waals surface area contributed by atoms with Crippen LogP contribution in [0.5, 0.6) is 0 Å². The molecule has 20 heavy (non-hydrogen) atoms. The highest BCUT2D eigenvalue weighted by Crippen LogP contribution is 2.25. The van der Waals surface area contributed by atoms with E-state index in [1.807, 2.05) is 6.92 Å². The molecule has 0 aliphatic rings. The predicted molar refractivity (Wildman–Crippen MR) is 76.3 cm³/mol. The molecule has 1 atom stereocenters. The number of nitrogens with zero attached hydrogens (tertiary/aromatic N) is 1. The van der Waals surface area contributed by atoms with Gasteiger partial charge in [-0.1, -0.05) is 6.92 Å². The van der Waals surface area contributed by atoms with Crippen molar-refractivity contribution in [3.8, 4) is 0 Å². The van der Waals surface area contributed by atoms with E-state index in [2.05, 4.69) is 0 Å². The second kappa shape index (κ2) is 7.01. The molecule has 0 aliphatic heterocycles. The number of nitrogen functional groups attached to an aromatic ring is 1. The maximum absolute atomic E-state index is 13.3. The monoisotopic (exact) mass is 304 g/mol. The maximum Gasteiger partial charge on any atom is 0.245 e. The molecule has 5 nitrogen and oxygen atoms in total. The van der Waals surface area contributed by atoms with Crippen LogP contribution >= 0.6 is 0 Å². The van der Waals surface area contributed by atoms with E-state index in [1.54, 1.807) is 6.92 Å². The molecule has 1 unspecified atom stereocenters. The maximum atomic E-state index is 13.3. The first-order valence-electron chi connectivity index (χ1n) is 6.40. The van der Waals surface area contributed by atoms with Crippen molar-refractivity contribution in [1.82, 2.24) is 4.31 Å². The first-order valence-corrected chi connectivity index (χ1v) is 7.84. The molecule has 0 aliphatic carbocycles. The van der Waals surface area contributed by atoms with Crippen LogP contribution in [-0.4, -0.2) is 39.0 Å². The van der Waals surface area contributed by atoms with E-state index in [0.29, 0.717) is 6.42 Å². The smallest absolute Gasteiger partial charge is 0.245 e. The number of ether oxygens (including phenoxy) is 1. The molecule has 2 N–H and O–H groups in total. The quantitative estimate of drug-likeness (QED) is 0.780. The lowest BCUT2D eigenvalue weighted by molar-refractivity contribution is 0.167. The zero-order valence-corrected chi connectivity index (χ0v) is 12.8. The third-order valence-electron chi connectivity index (χ3n) is 3.16. The summed E-state index contributed by atoms with van der Waals surface area (Å²) in [4.78, 5) is -0.200. The van der Waals surface area contributed by atoms with E-state index in [9.17, 15) is 12.8 Å². The van der Waals surface area contributed by atoms with Crippen molar-refractivity contribution >= 4 is 15.7 Å². The fourth-order valence-electron chi connectivity index (χ4n) is 1.82. The van der Waals surface area contributed by atoms with Gasteiger partial charge in [-0.25, -0.2) is 12.8 Å². The van der Waals surface area contributed by atoms with E-state index in [0.717, 1.165) is 12.1 Å². The summed E-state index contributed by atoms with van der Waals surface area (Å²) in [6.07, 6.45) is 0.637. The van der Waals surface area contributed by atoms with Crippen LogP contribution in [-0.2, 0) is 14.8 Å². The largest absolute Gasteiger partial charge is 0.398 e. The van der Waals surface area contributed by atoms with Crippen molar-refractivity contribution in [2.24, 2.45) is 0 Å². The number of hydrogen-bond donors (Lipinski definition) is 1. The Balaban J connectivity index is 3.24. The fourth-order valence-corrected chi connectivity index (χ4v) is 3.64. The molecule has 1 aromatic carbocycles. The number of nitrogens with two attached hydrogens (primary N) is 1. The lowest BCUT2D eigenvalue weighted by atomic mass is 10.3. The number of rotatable bonds is 7. The number of anilines is 1. The van der Waals surface area contributed by atoms with Crippen LogP contribution in [0, 0.1) is 5.82 Å². The molecular formula is C13H21FN2O3S. The summed E-state index contributed by atoms with van der Waals surface area (Å²) in [6.45, 7) is 4.14. The van der Waals surface area contributed by atoms with Crippen LogP contribution in [0.25, 0.3) is 0 Å². The minimum absolute atomic E-state index is 0.0390. The lowest BCUT2D eigenvalue weighted by Crippen LogP contribution is -2.40. The zero-order valence-electron chi connectivity index (χ0n) is 12.0. The molecule has 114 valence electrons. The van der Waals surface area contributed by atoms with Gasteiger partial charge in [0.05, 0.1) is 12.3 Å². The van der Waals surface area contributed by atoms with E-state index in [4.69, 9.17) is 10.5 Å². The molecule has 0 radical (unpaired) electrons. The summed E-state index contributed by atoms with van der Waals surface area (Å²) in [5, 5.41) is 0. The average molecular weight is 304 g/mol. The Morgan fingerprint density at radius 1 is 1.45 bits per heavy atom. The molecular weight excluding hydrogens is 283 g/mol. The molecule has 0 bridgehead atoms. The van der Waals surface area contributed by atoms with Crippen molar-refractivity contribution in [2.75, 3.05) is 26.0 Å². The Bertz CT molecular complexity index is 549. The minimum atomic E-state index is -3.85. The molecule has 1 aromatic rings. The second-order valence-electron chi connectivity index (χ2n) is 4.55. The summed E-state index contributed by atoms with van der Waals surface area (Å²) < 4.78 is 44.8. The van der Waals surface area contributed by atoms with Gasteiger partial charge in [0.15, 0.2) is 0 Å². The van der Waals surface area contributed by atoms with Crippen molar-refractivity contribution in [3.05, 3.63) is 24.0 Å². The highest BCUT2D eigenvalue weighted by Gasteiger charge is 2.30. The van der Waals surface area contributed by atoms with Crippen LogP contribution < -0.4 is 5.73 Å². The van der Waals surface area contributed by atoms with Gasteiger partial charge in [0.1, 0.15) is 10.7 Å². The Morgan fingerprint density at radius 3 is 2.65 bits per heavy atom. The SMILES string of the molecule is CCC(C)N(CCOC)S(=O)(=O)c1cc(F)ccc1N. The van der Waals surface area contributed by atoms with Crippen LogP contribution in [0.1, 0.15) is 20.3 Å². The third kappa shape index (κ3) is 3.68. The highest BCUT2D eigenvalue weighted by atomic mass is 32.2. The van der Waals surface area contributed by atoms with Crippen molar-refractivity contribution in [2.45, 2.75) is 31.2 Å². The van der Waals surface area contributed by atoms with Crippen LogP contribution in [0.2, 0.25) is 0 Å². The lowest BCUT2D eigenvalue weighted by Gasteiger charge is -2.27. The van der Waals surface area contributed by atoms with Crippen LogP contribution in [0.3, 0.4) is 0 Å². The van der Waals surface area contributed by atoms with Gasteiger partial charge in [-0.2, -0.15) is 4.31 Å². The van der Waals surface area contributed by atoms with Gasteiger partial charge in [-0.05, 0) is 31.5 Å². The first-order chi connectivity index (χ1) is 9.34. The Kier molecular flexibility index (Phi) is 5.91. The van der Waals surface area contributed by atoms with E-state index >= 15 is 0 Å². The molecule has 0 amide bonds.